The summed E-state index contributed by atoms with van der Waals surface area (Å²) in [5, 5.41) is 0. The first kappa shape index (κ1) is 9.71. The van der Waals surface area contributed by atoms with Crippen molar-refractivity contribution in [2.24, 2.45) is 0 Å². The zero-order valence-corrected chi connectivity index (χ0v) is 9.88. The summed E-state index contributed by atoms with van der Waals surface area (Å²) in [6, 6.07) is 6.32. The molecule has 82 valence electrons. The highest BCUT2D eigenvalue weighted by Gasteiger charge is 2.36. The molecule has 3 rings (SSSR count). The molecule has 0 heterocycles. The second kappa shape index (κ2) is 3.00. The second-order valence-corrected chi connectivity index (χ2v) is 5.26. The summed E-state index contributed by atoms with van der Waals surface area (Å²) < 4.78 is 0. The quantitative estimate of drug-likeness (QED) is 0.651. The average molecular weight is 211 g/mol. The summed E-state index contributed by atoms with van der Waals surface area (Å²) in [5.74, 6) is 0. The Labute approximate surface area is 96.7 Å². The fraction of sp³-hybridized carbons (Fsp3) is 0.333. The minimum atomic E-state index is 0.158. The molecule has 1 nitrogen and oxygen atoms in total. The molecule has 0 unspecified atom stereocenters. The van der Waals surface area contributed by atoms with Gasteiger partial charge in [-0.3, -0.25) is 0 Å². The van der Waals surface area contributed by atoms with E-state index in [0.717, 1.165) is 5.69 Å². The minimum absolute atomic E-state index is 0.158. The maximum absolute atomic E-state index is 5.90. The van der Waals surface area contributed by atoms with Gasteiger partial charge in [-0.2, -0.15) is 0 Å². The molecular weight excluding hydrogens is 194 g/mol. The molecule has 0 amide bonds. The van der Waals surface area contributed by atoms with Crippen molar-refractivity contribution in [3.63, 3.8) is 0 Å². The summed E-state index contributed by atoms with van der Waals surface area (Å²) in [6.45, 7) is 4.62. The molecule has 0 radical (unpaired) electrons. The molecule has 0 aromatic heterocycles. The van der Waals surface area contributed by atoms with Gasteiger partial charge in [-0.05, 0) is 41.7 Å². The molecule has 0 fully saturated rings. The van der Waals surface area contributed by atoms with Crippen molar-refractivity contribution in [2.75, 3.05) is 5.73 Å². The van der Waals surface area contributed by atoms with Gasteiger partial charge >= 0.3 is 0 Å². The third-order valence-corrected chi connectivity index (χ3v) is 3.93. The lowest BCUT2D eigenvalue weighted by atomic mass is 9.78. The summed E-state index contributed by atoms with van der Waals surface area (Å²) in [6.07, 6.45) is 6.92. The number of benzene rings is 1. The molecule has 0 saturated heterocycles. The van der Waals surface area contributed by atoms with Gasteiger partial charge in [-0.25, -0.2) is 0 Å². The van der Waals surface area contributed by atoms with Gasteiger partial charge in [0.25, 0.3) is 0 Å². The predicted molar refractivity (Wildman–Crippen MR) is 69.2 cm³/mol. The monoisotopic (exact) mass is 211 g/mol. The zero-order valence-electron chi connectivity index (χ0n) is 9.88. The van der Waals surface area contributed by atoms with Gasteiger partial charge in [0.15, 0.2) is 0 Å². The lowest BCUT2D eigenvalue weighted by Gasteiger charge is -2.25. The van der Waals surface area contributed by atoms with Gasteiger partial charge in [0.1, 0.15) is 0 Å². The van der Waals surface area contributed by atoms with Crippen LogP contribution in [0.5, 0.6) is 0 Å². The highest BCUT2D eigenvalue weighted by Crippen LogP contribution is 2.50. The van der Waals surface area contributed by atoms with E-state index in [9.17, 15) is 0 Å². The van der Waals surface area contributed by atoms with Gasteiger partial charge in [0.2, 0.25) is 0 Å². The van der Waals surface area contributed by atoms with Crippen LogP contribution in [0.3, 0.4) is 0 Å². The van der Waals surface area contributed by atoms with Crippen molar-refractivity contribution in [1.29, 1.82) is 0 Å². The fourth-order valence-corrected chi connectivity index (χ4v) is 3.04. The molecule has 0 atom stereocenters. The van der Waals surface area contributed by atoms with Crippen molar-refractivity contribution >= 4 is 11.3 Å². The molecule has 2 N–H and O–H groups in total. The van der Waals surface area contributed by atoms with E-state index in [1.54, 1.807) is 5.57 Å². The van der Waals surface area contributed by atoms with Crippen LogP contribution in [0.25, 0.3) is 5.57 Å². The van der Waals surface area contributed by atoms with E-state index in [1.807, 2.05) is 6.07 Å². The van der Waals surface area contributed by atoms with Crippen LogP contribution in [0, 0.1) is 0 Å². The topological polar surface area (TPSA) is 26.0 Å². The van der Waals surface area contributed by atoms with E-state index < -0.39 is 0 Å². The van der Waals surface area contributed by atoms with Crippen LogP contribution < -0.4 is 5.73 Å². The predicted octanol–water partition coefficient (Wildman–Crippen LogP) is 3.66. The minimum Gasteiger partial charge on any atom is -0.399 e. The number of nitrogens with two attached hydrogens (primary N) is 1. The smallest absolute Gasteiger partial charge is 0.0317 e. The average Bonchev–Trinajstić information content (AvgIpc) is 2.49. The lowest BCUT2D eigenvalue weighted by molar-refractivity contribution is 0.607. The molecule has 0 aliphatic heterocycles. The third-order valence-electron chi connectivity index (χ3n) is 3.93. The molecular formula is C15H17N. The Morgan fingerprint density at radius 2 is 2.06 bits per heavy atom. The summed E-state index contributed by atoms with van der Waals surface area (Å²) in [4.78, 5) is 0. The molecule has 2 aliphatic carbocycles. The van der Waals surface area contributed by atoms with E-state index in [-0.39, 0.29) is 5.41 Å². The summed E-state index contributed by atoms with van der Waals surface area (Å²) >= 11 is 0. The van der Waals surface area contributed by atoms with Crippen molar-refractivity contribution in [2.45, 2.75) is 32.1 Å². The number of fused-ring (bicyclic) bond motifs is 2. The standard InChI is InChI=1S/C15H17N/c1-15(2)13-6-4-3-5-11(13)12-8-7-10(16)9-14(12)15/h3,5,7-9H,4,6,16H2,1-2H3. The lowest BCUT2D eigenvalue weighted by Crippen LogP contribution is -2.17. The number of rotatable bonds is 0. The Hall–Kier alpha value is -1.50. The van der Waals surface area contributed by atoms with Crippen molar-refractivity contribution in [3.8, 4) is 0 Å². The van der Waals surface area contributed by atoms with Gasteiger partial charge in [0.05, 0.1) is 0 Å². The van der Waals surface area contributed by atoms with Crippen LogP contribution in [-0.2, 0) is 5.41 Å². The first-order chi connectivity index (χ1) is 7.60. The van der Waals surface area contributed by atoms with E-state index in [4.69, 9.17) is 5.73 Å². The molecule has 16 heavy (non-hydrogen) atoms. The van der Waals surface area contributed by atoms with E-state index in [1.165, 1.54) is 29.5 Å². The fourth-order valence-electron chi connectivity index (χ4n) is 3.04. The molecule has 1 aromatic rings. The Morgan fingerprint density at radius 1 is 1.25 bits per heavy atom. The van der Waals surface area contributed by atoms with Crippen LogP contribution in [0.4, 0.5) is 5.69 Å². The highest BCUT2D eigenvalue weighted by atomic mass is 14.6. The van der Waals surface area contributed by atoms with E-state index >= 15 is 0 Å². The second-order valence-electron chi connectivity index (χ2n) is 5.26. The third kappa shape index (κ3) is 1.12. The van der Waals surface area contributed by atoms with Crippen LogP contribution >= 0.6 is 0 Å². The van der Waals surface area contributed by atoms with Crippen molar-refractivity contribution in [1.82, 2.24) is 0 Å². The first-order valence-electron chi connectivity index (χ1n) is 5.91. The van der Waals surface area contributed by atoms with Crippen LogP contribution in [0.2, 0.25) is 0 Å². The highest BCUT2D eigenvalue weighted by molar-refractivity contribution is 5.87. The van der Waals surface area contributed by atoms with Gasteiger partial charge in [-0.15, -0.1) is 0 Å². The Balaban J connectivity index is 2.28. The van der Waals surface area contributed by atoms with Crippen LogP contribution in [-0.4, -0.2) is 0 Å². The van der Waals surface area contributed by atoms with Gasteiger partial charge < -0.3 is 5.73 Å². The van der Waals surface area contributed by atoms with Crippen molar-refractivity contribution < 1.29 is 0 Å². The van der Waals surface area contributed by atoms with E-state index in [2.05, 4.69) is 38.1 Å². The number of anilines is 1. The van der Waals surface area contributed by atoms with Crippen LogP contribution in [0.15, 0.2) is 35.9 Å². The molecule has 0 saturated carbocycles. The normalized spacial score (nSPS) is 20.9. The van der Waals surface area contributed by atoms with Gasteiger partial charge in [0, 0.05) is 11.1 Å². The Morgan fingerprint density at radius 3 is 2.88 bits per heavy atom. The summed E-state index contributed by atoms with van der Waals surface area (Å²) in [7, 11) is 0. The molecule has 0 bridgehead atoms. The maximum Gasteiger partial charge on any atom is 0.0317 e. The first-order valence-corrected chi connectivity index (χ1v) is 5.91. The molecule has 1 heteroatoms. The molecule has 1 aromatic carbocycles. The zero-order chi connectivity index (χ0) is 11.3. The maximum atomic E-state index is 5.90. The number of allylic oxidation sites excluding steroid dienone is 4. The molecule has 2 aliphatic rings. The molecule has 0 spiro atoms. The number of hydrogen-bond donors (Lipinski definition) is 1. The largest absolute Gasteiger partial charge is 0.399 e. The SMILES string of the molecule is CC1(C)C2=C(C=CCC2)c2ccc(N)cc21. The van der Waals surface area contributed by atoms with Crippen molar-refractivity contribution in [3.05, 3.63) is 47.1 Å². The number of nitrogen functional groups attached to an aromatic ring is 1. The van der Waals surface area contributed by atoms with Gasteiger partial charge in [-0.1, -0.05) is 37.6 Å². The Kier molecular flexibility index (Phi) is 1.82. The summed E-state index contributed by atoms with van der Waals surface area (Å²) in [5.41, 5.74) is 12.7. The van der Waals surface area contributed by atoms with Crippen LogP contribution in [0.1, 0.15) is 37.8 Å². The number of hydrogen-bond acceptors (Lipinski definition) is 1. The Bertz CT molecular complexity index is 518. The van der Waals surface area contributed by atoms with E-state index in [0.29, 0.717) is 0 Å².